The number of pyridine rings is 1. The molecule has 0 aliphatic carbocycles. The molecule has 6 nitrogen and oxygen atoms in total. The number of hydrogen-bond donors (Lipinski definition) is 1. The van der Waals surface area contributed by atoms with Crippen LogP contribution >= 0.6 is 11.8 Å². The molecule has 0 aliphatic heterocycles. The van der Waals surface area contributed by atoms with Gasteiger partial charge >= 0.3 is 0 Å². The van der Waals surface area contributed by atoms with Gasteiger partial charge in [0.1, 0.15) is 0 Å². The third-order valence-corrected chi connectivity index (χ3v) is 3.29. The number of hydrogen-bond acceptors (Lipinski definition) is 5. The van der Waals surface area contributed by atoms with Crippen molar-refractivity contribution >= 4 is 29.0 Å². The summed E-state index contributed by atoms with van der Waals surface area (Å²) in [7, 11) is 0. The summed E-state index contributed by atoms with van der Waals surface area (Å²) < 4.78 is 0. The molecule has 0 unspecified atom stereocenters. The largest absolute Gasteiger partial charge is 0.325 e. The quantitative estimate of drug-likeness (QED) is 0.519. The van der Waals surface area contributed by atoms with Crippen molar-refractivity contribution in [1.82, 2.24) is 4.98 Å². The molecule has 102 valence electrons. The van der Waals surface area contributed by atoms with E-state index in [0.717, 1.165) is 5.03 Å². The summed E-state index contributed by atoms with van der Waals surface area (Å²) in [6.07, 6.45) is 1.66. The van der Waals surface area contributed by atoms with Gasteiger partial charge in [-0.05, 0) is 24.3 Å². The fourth-order valence-corrected chi connectivity index (χ4v) is 2.10. The lowest BCUT2D eigenvalue weighted by Crippen LogP contribution is -2.14. The first-order chi connectivity index (χ1) is 9.65. The van der Waals surface area contributed by atoms with Crippen molar-refractivity contribution < 1.29 is 9.72 Å². The highest BCUT2D eigenvalue weighted by molar-refractivity contribution is 7.99. The Morgan fingerprint density at radius 3 is 2.60 bits per heavy atom. The Morgan fingerprint density at radius 2 is 2.00 bits per heavy atom. The van der Waals surface area contributed by atoms with E-state index >= 15 is 0 Å². The van der Waals surface area contributed by atoms with Crippen LogP contribution in [0.5, 0.6) is 0 Å². The molecule has 7 heteroatoms. The maximum Gasteiger partial charge on any atom is 0.269 e. The topological polar surface area (TPSA) is 85.1 Å². The SMILES string of the molecule is O=C(CSc1ccccn1)Nc1ccc([N+](=O)[O-])cc1. The van der Waals surface area contributed by atoms with E-state index in [2.05, 4.69) is 10.3 Å². The van der Waals surface area contributed by atoms with Crippen molar-refractivity contribution in [3.05, 3.63) is 58.8 Å². The van der Waals surface area contributed by atoms with Crippen LogP contribution in [0.1, 0.15) is 0 Å². The predicted octanol–water partition coefficient (Wildman–Crippen LogP) is 2.72. The second-order valence-electron chi connectivity index (χ2n) is 3.81. The molecule has 0 radical (unpaired) electrons. The summed E-state index contributed by atoms with van der Waals surface area (Å²) in [6.45, 7) is 0. The highest BCUT2D eigenvalue weighted by atomic mass is 32.2. The van der Waals surface area contributed by atoms with Crippen molar-refractivity contribution in [2.75, 3.05) is 11.1 Å². The van der Waals surface area contributed by atoms with Gasteiger partial charge in [0.25, 0.3) is 5.69 Å². The standard InChI is InChI=1S/C13H11N3O3S/c17-12(9-20-13-3-1-2-8-14-13)15-10-4-6-11(7-5-10)16(18)19/h1-8H,9H2,(H,15,17). The van der Waals surface area contributed by atoms with E-state index in [4.69, 9.17) is 0 Å². The van der Waals surface area contributed by atoms with Crippen LogP contribution in [-0.2, 0) is 4.79 Å². The zero-order valence-corrected chi connectivity index (χ0v) is 11.2. The fourth-order valence-electron chi connectivity index (χ4n) is 1.44. The highest BCUT2D eigenvalue weighted by Gasteiger charge is 2.07. The van der Waals surface area contributed by atoms with Gasteiger partial charge in [0, 0.05) is 24.0 Å². The van der Waals surface area contributed by atoms with Crippen LogP contribution in [-0.4, -0.2) is 21.6 Å². The summed E-state index contributed by atoms with van der Waals surface area (Å²) in [5.74, 6) is 0.0445. The van der Waals surface area contributed by atoms with Gasteiger partial charge in [-0.2, -0.15) is 0 Å². The van der Waals surface area contributed by atoms with Gasteiger partial charge in [0.2, 0.25) is 5.91 Å². The molecule has 2 rings (SSSR count). The number of nitro benzene ring substituents is 1. The van der Waals surface area contributed by atoms with Crippen molar-refractivity contribution in [3.8, 4) is 0 Å². The van der Waals surface area contributed by atoms with Gasteiger partial charge in [-0.15, -0.1) is 0 Å². The minimum atomic E-state index is -0.484. The molecule has 0 fully saturated rings. The number of nitrogens with one attached hydrogen (secondary N) is 1. The van der Waals surface area contributed by atoms with Crippen LogP contribution in [0.15, 0.2) is 53.7 Å². The molecule has 0 bridgehead atoms. The zero-order chi connectivity index (χ0) is 14.4. The number of carbonyl (C=O) groups excluding carboxylic acids is 1. The molecular weight excluding hydrogens is 278 g/mol. The van der Waals surface area contributed by atoms with Crippen molar-refractivity contribution in [3.63, 3.8) is 0 Å². The van der Waals surface area contributed by atoms with E-state index in [1.54, 1.807) is 12.3 Å². The second-order valence-corrected chi connectivity index (χ2v) is 4.80. The van der Waals surface area contributed by atoms with Crippen molar-refractivity contribution in [1.29, 1.82) is 0 Å². The summed E-state index contributed by atoms with van der Waals surface area (Å²) in [6, 6.07) is 11.2. The second kappa shape index (κ2) is 6.67. The van der Waals surface area contributed by atoms with Gasteiger partial charge in [-0.3, -0.25) is 14.9 Å². The first-order valence-electron chi connectivity index (χ1n) is 5.73. The van der Waals surface area contributed by atoms with E-state index in [0.29, 0.717) is 5.69 Å². The van der Waals surface area contributed by atoms with Gasteiger partial charge in [0.15, 0.2) is 0 Å². The first-order valence-corrected chi connectivity index (χ1v) is 6.72. The number of carbonyl (C=O) groups is 1. The number of rotatable bonds is 5. The molecular formula is C13H11N3O3S. The molecule has 2 aromatic rings. The number of anilines is 1. The molecule has 1 amide bonds. The maximum absolute atomic E-state index is 11.7. The molecule has 1 aromatic carbocycles. The van der Waals surface area contributed by atoms with Gasteiger partial charge in [-0.25, -0.2) is 4.98 Å². The minimum absolute atomic E-state index is 0.00846. The smallest absolute Gasteiger partial charge is 0.269 e. The third kappa shape index (κ3) is 4.06. The Balaban J connectivity index is 1.86. The molecule has 0 atom stereocenters. The summed E-state index contributed by atoms with van der Waals surface area (Å²) in [4.78, 5) is 25.8. The number of aromatic nitrogens is 1. The fraction of sp³-hybridized carbons (Fsp3) is 0.0769. The Bertz CT molecular complexity index is 602. The molecule has 0 spiro atoms. The monoisotopic (exact) mass is 289 g/mol. The Hall–Kier alpha value is -2.41. The summed E-state index contributed by atoms with van der Waals surface area (Å²) in [5.41, 5.74) is 0.521. The average molecular weight is 289 g/mol. The Labute approximate surface area is 119 Å². The van der Waals surface area contributed by atoms with Crippen LogP contribution in [0.3, 0.4) is 0 Å². The van der Waals surface area contributed by atoms with Gasteiger partial charge in [0.05, 0.1) is 15.7 Å². The zero-order valence-electron chi connectivity index (χ0n) is 10.4. The van der Waals surface area contributed by atoms with E-state index < -0.39 is 4.92 Å². The van der Waals surface area contributed by atoms with Gasteiger partial charge in [-0.1, -0.05) is 17.8 Å². The first kappa shape index (κ1) is 14.0. The molecule has 1 aromatic heterocycles. The number of nitro groups is 1. The lowest BCUT2D eigenvalue weighted by molar-refractivity contribution is -0.384. The Kier molecular flexibility index (Phi) is 4.67. The number of nitrogens with zero attached hydrogens (tertiary/aromatic N) is 2. The van der Waals surface area contributed by atoms with Crippen molar-refractivity contribution in [2.24, 2.45) is 0 Å². The highest BCUT2D eigenvalue weighted by Crippen LogP contribution is 2.17. The normalized spacial score (nSPS) is 10.0. The maximum atomic E-state index is 11.7. The summed E-state index contributed by atoms with van der Waals surface area (Å²) >= 11 is 1.32. The lowest BCUT2D eigenvalue weighted by atomic mass is 10.3. The average Bonchev–Trinajstić information content (AvgIpc) is 2.47. The number of non-ortho nitro benzene ring substituents is 1. The van der Waals surface area contributed by atoms with Crippen LogP contribution in [0.25, 0.3) is 0 Å². The molecule has 0 saturated carbocycles. The predicted molar refractivity (Wildman–Crippen MR) is 76.7 cm³/mol. The van der Waals surface area contributed by atoms with Crippen LogP contribution < -0.4 is 5.32 Å². The van der Waals surface area contributed by atoms with E-state index in [1.807, 2.05) is 12.1 Å². The molecule has 20 heavy (non-hydrogen) atoms. The number of benzene rings is 1. The van der Waals surface area contributed by atoms with Crippen LogP contribution in [0.2, 0.25) is 0 Å². The van der Waals surface area contributed by atoms with E-state index in [9.17, 15) is 14.9 Å². The van der Waals surface area contributed by atoms with Crippen molar-refractivity contribution in [2.45, 2.75) is 5.03 Å². The minimum Gasteiger partial charge on any atom is -0.325 e. The lowest BCUT2D eigenvalue weighted by Gasteiger charge is -2.04. The third-order valence-electron chi connectivity index (χ3n) is 2.35. The van der Waals surface area contributed by atoms with Gasteiger partial charge < -0.3 is 5.32 Å². The van der Waals surface area contributed by atoms with E-state index in [-0.39, 0.29) is 17.3 Å². The molecule has 0 aliphatic rings. The molecule has 0 saturated heterocycles. The van der Waals surface area contributed by atoms with Crippen LogP contribution in [0, 0.1) is 10.1 Å². The Morgan fingerprint density at radius 1 is 1.25 bits per heavy atom. The summed E-state index contributed by atoms with van der Waals surface area (Å²) in [5, 5.41) is 13.9. The number of thioether (sulfide) groups is 1. The molecule has 1 N–H and O–H groups in total. The number of amides is 1. The van der Waals surface area contributed by atoms with Crippen LogP contribution in [0.4, 0.5) is 11.4 Å². The van der Waals surface area contributed by atoms with E-state index in [1.165, 1.54) is 36.0 Å². The molecule has 1 heterocycles.